The Morgan fingerprint density at radius 2 is 1.90 bits per heavy atom. The normalized spacial score (nSPS) is 10.8. The lowest BCUT2D eigenvalue weighted by Crippen LogP contribution is -2.07. The van der Waals surface area contributed by atoms with E-state index in [1.165, 1.54) is 18.2 Å². The van der Waals surface area contributed by atoms with E-state index in [4.69, 9.17) is 16.3 Å². The highest BCUT2D eigenvalue weighted by molar-refractivity contribution is 6.30. The molecule has 1 aromatic heterocycles. The van der Waals surface area contributed by atoms with Crippen LogP contribution < -0.4 is 4.74 Å². The first kappa shape index (κ1) is 20.6. The molecule has 0 fully saturated rings. The van der Waals surface area contributed by atoms with E-state index in [0.29, 0.717) is 16.9 Å². The van der Waals surface area contributed by atoms with Gasteiger partial charge in [0.25, 0.3) is 0 Å². The van der Waals surface area contributed by atoms with Crippen molar-refractivity contribution in [2.24, 2.45) is 0 Å². The number of nitrogens with zero attached hydrogens (tertiary/aromatic N) is 2. The van der Waals surface area contributed by atoms with Crippen LogP contribution in [0, 0.1) is 12.7 Å². The molecule has 31 heavy (non-hydrogen) atoms. The van der Waals surface area contributed by atoms with E-state index in [-0.39, 0.29) is 22.9 Å². The average Bonchev–Trinajstić information content (AvgIpc) is 3.16. The van der Waals surface area contributed by atoms with Crippen LogP contribution in [-0.4, -0.2) is 20.9 Å². The van der Waals surface area contributed by atoms with Gasteiger partial charge in [0.1, 0.15) is 23.7 Å². The maximum Gasteiger partial charge on any atom is 0.339 e. The predicted octanol–water partition coefficient (Wildman–Crippen LogP) is 5.92. The molecular formula is C24H18ClFN2O3. The van der Waals surface area contributed by atoms with Gasteiger partial charge in [-0.2, -0.15) is 5.10 Å². The highest BCUT2D eigenvalue weighted by Gasteiger charge is 2.18. The largest absolute Gasteiger partial charge is 0.488 e. The van der Waals surface area contributed by atoms with Gasteiger partial charge in [-0.25, -0.2) is 13.9 Å². The van der Waals surface area contributed by atoms with E-state index in [1.54, 1.807) is 29.1 Å². The summed E-state index contributed by atoms with van der Waals surface area (Å²) in [6.07, 6.45) is 1.64. The van der Waals surface area contributed by atoms with Crippen LogP contribution in [-0.2, 0) is 6.61 Å². The molecule has 0 aliphatic heterocycles. The Balaban J connectivity index is 1.72. The number of benzene rings is 3. The zero-order chi connectivity index (χ0) is 22.0. The van der Waals surface area contributed by atoms with Crippen LogP contribution in [0.3, 0.4) is 0 Å². The van der Waals surface area contributed by atoms with E-state index in [0.717, 1.165) is 11.1 Å². The molecule has 0 bridgehead atoms. The molecule has 0 aliphatic rings. The van der Waals surface area contributed by atoms with Crippen molar-refractivity contribution in [3.05, 3.63) is 100 Å². The van der Waals surface area contributed by atoms with Gasteiger partial charge in [-0.1, -0.05) is 48.0 Å². The fourth-order valence-corrected chi connectivity index (χ4v) is 3.41. The van der Waals surface area contributed by atoms with Crippen molar-refractivity contribution < 1.29 is 19.0 Å². The van der Waals surface area contributed by atoms with E-state index in [9.17, 15) is 14.3 Å². The van der Waals surface area contributed by atoms with E-state index in [1.807, 2.05) is 37.3 Å². The smallest absolute Gasteiger partial charge is 0.339 e. The molecule has 0 unspecified atom stereocenters. The van der Waals surface area contributed by atoms with Crippen LogP contribution in [0.2, 0.25) is 5.02 Å². The number of hydrogen-bond acceptors (Lipinski definition) is 3. The monoisotopic (exact) mass is 436 g/mol. The molecule has 4 rings (SSSR count). The first-order valence-corrected chi connectivity index (χ1v) is 9.86. The third-order valence-corrected chi connectivity index (χ3v) is 5.13. The summed E-state index contributed by atoms with van der Waals surface area (Å²) in [6, 6.07) is 18.8. The molecule has 0 spiro atoms. The van der Waals surface area contributed by atoms with E-state index in [2.05, 4.69) is 5.10 Å². The van der Waals surface area contributed by atoms with Gasteiger partial charge >= 0.3 is 5.97 Å². The van der Waals surface area contributed by atoms with E-state index >= 15 is 0 Å². The second kappa shape index (κ2) is 8.62. The van der Waals surface area contributed by atoms with Gasteiger partial charge in [0.15, 0.2) is 0 Å². The SMILES string of the molecule is Cc1cnn(-c2ccc(OCc3ccccc3)c(C(=O)O)c2)c1-c1ccc(Cl)c(F)c1. The number of carboxylic acids is 1. The topological polar surface area (TPSA) is 64.4 Å². The van der Waals surface area contributed by atoms with Gasteiger partial charge in [-0.15, -0.1) is 0 Å². The van der Waals surface area contributed by atoms with Crippen molar-refractivity contribution in [2.75, 3.05) is 0 Å². The lowest BCUT2D eigenvalue weighted by molar-refractivity contribution is 0.0691. The minimum atomic E-state index is -1.12. The summed E-state index contributed by atoms with van der Waals surface area (Å²) >= 11 is 5.81. The van der Waals surface area contributed by atoms with E-state index < -0.39 is 11.8 Å². The molecule has 4 aromatic rings. The molecule has 1 N–H and O–H groups in total. The number of carboxylic acid groups (broad SMARTS) is 1. The highest BCUT2D eigenvalue weighted by Crippen LogP contribution is 2.31. The number of aromatic nitrogens is 2. The molecule has 0 saturated carbocycles. The Bertz CT molecular complexity index is 1260. The van der Waals surface area contributed by atoms with Crippen molar-refractivity contribution in [1.29, 1.82) is 0 Å². The molecule has 0 aliphatic carbocycles. The van der Waals surface area contributed by atoms with Gasteiger partial charge in [0.05, 0.1) is 22.6 Å². The zero-order valence-electron chi connectivity index (χ0n) is 16.5. The van der Waals surface area contributed by atoms with Crippen molar-refractivity contribution in [1.82, 2.24) is 9.78 Å². The minimum Gasteiger partial charge on any atom is -0.488 e. The molecule has 0 saturated heterocycles. The van der Waals surface area contributed by atoms with Gasteiger partial charge in [-0.3, -0.25) is 0 Å². The van der Waals surface area contributed by atoms with Gasteiger partial charge in [0.2, 0.25) is 0 Å². The Kier molecular flexibility index (Phi) is 5.73. The number of carbonyl (C=O) groups is 1. The van der Waals surface area contributed by atoms with Crippen molar-refractivity contribution in [3.8, 4) is 22.7 Å². The Morgan fingerprint density at radius 1 is 1.13 bits per heavy atom. The van der Waals surface area contributed by atoms with Crippen LogP contribution in [0.4, 0.5) is 4.39 Å². The standard InChI is InChI=1S/C24H18ClFN2O3/c1-15-13-27-28(23(15)17-7-9-20(25)21(26)11-17)18-8-10-22(19(12-18)24(29)30)31-14-16-5-3-2-4-6-16/h2-13H,14H2,1H3,(H,29,30). The van der Waals surface area contributed by atoms with Crippen LogP contribution in [0.15, 0.2) is 72.9 Å². The zero-order valence-corrected chi connectivity index (χ0v) is 17.3. The summed E-state index contributed by atoms with van der Waals surface area (Å²) in [7, 11) is 0. The van der Waals surface area contributed by atoms with Crippen LogP contribution >= 0.6 is 11.6 Å². The number of ether oxygens (including phenoxy) is 1. The number of hydrogen-bond donors (Lipinski definition) is 1. The number of rotatable bonds is 6. The predicted molar refractivity (Wildman–Crippen MR) is 116 cm³/mol. The summed E-state index contributed by atoms with van der Waals surface area (Å²) in [6.45, 7) is 2.09. The molecule has 0 atom stereocenters. The molecular weight excluding hydrogens is 419 g/mol. The van der Waals surface area contributed by atoms with Crippen molar-refractivity contribution in [3.63, 3.8) is 0 Å². The molecule has 7 heteroatoms. The summed E-state index contributed by atoms with van der Waals surface area (Å²) in [5.74, 6) is -1.40. The number of halogens is 2. The van der Waals surface area contributed by atoms with Crippen molar-refractivity contribution >= 4 is 17.6 Å². The van der Waals surface area contributed by atoms with Crippen LogP contribution in [0.25, 0.3) is 16.9 Å². The molecule has 5 nitrogen and oxygen atoms in total. The molecule has 0 radical (unpaired) electrons. The molecule has 3 aromatic carbocycles. The summed E-state index contributed by atoms with van der Waals surface area (Å²) in [4.78, 5) is 11.9. The van der Waals surface area contributed by atoms with Gasteiger partial charge < -0.3 is 9.84 Å². The Labute approximate surface area is 183 Å². The second-order valence-corrected chi connectivity index (χ2v) is 7.38. The fourth-order valence-electron chi connectivity index (χ4n) is 3.30. The Hall–Kier alpha value is -3.64. The van der Waals surface area contributed by atoms with Gasteiger partial charge in [0, 0.05) is 5.56 Å². The lowest BCUT2D eigenvalue weighted by atomic mass is 10.1. The maximum absolute atomic E-state index is 14.0. The third-order valence-electron chi connectivity index (χ3n) is 4.82. The highest BCUT2D eigenvalue weighted by atomic mass is 35.5. The third kappa shape index (κ3) is 4.29. The maximum atomic E-state index is 14.0. The number of aryl methyl sites for hydroxylation is 1. The Morgan fingerprint density at radius 3 is 2.61 bits per heavy atom. The van der Waals surface area contributed by atoms with Crippen LogP contribution in [0.5, 0.6) is 5.75 Å². The van der Waals surface area contributed by atoms with Gasteiger partial charge in [-0.05, 0) is 48.4 Å². The van der Waals surface area contributed by atoms with Crippen molar-refractivity contribution in [2.45, 2.75) is 13.5 Å². The molecule has 0 amide bonds. The average molecular weight is 437 g/mol. The lowest BCUT2D eigenvalue weighted by Gasteiger charge is -2.13. The molecule has 1 heterocycles. The first-order valence-electron chi connectivity index (χ1n) is 9.48. The fraction of sp³-hybridized carbons (Fsp3) is 0.0833. The summed E-state index contributed by atoms with van der Waals surface area (Å²) in [5, 5.41) is 14.1. The summed E-state index contributed by atoms with van der Waals surface area (Å²) in [5.41, 5.74) is 3.49. The molecule has 156 valence electrons. The first-order chi connectivity index (χ1) is 14.9. The minimum absolute atomic E-state index is 0.00909. The number of aromatic carboxylic acids is 1. The quantitative estimate of drug-likeness (QED) is 0.407. The van der Waals surface area contributed by atoms with Crippen LogP contribution in [0.1, 0.15) is 21.5 Å². The summed E-state index contributed by atoms with van der Waals surface area (Å²) < 4.78 is 21.4. The second-order valence-electron chi connectivity index (χ2n) is 6.98.